The van der Waals surface area contributed by atoms with Crippen molar-refractivity contribution in [1.82, 2.24) is 0 Å². The van der Waals surface area contributed by atoms with Gasteiger partial charge in [0.25, 0.3) is 0 Å². The molecule has 1 N–H and O–H groups in total. The predicted octanol–water partition coefficient (Wildman–Crippen LogP) is 10.4. The first-order valence-corrected chi connectivity index (χ1v) is 16.5. The lowest BCUT2D eigenvalue weighted by Gasteiger charge is -2.12. The Bertz CT molecular complexity index is 858. The molecule has 0 saturated carbocycles. The second-order valence-electron chi connectivity index (χ2n) is 11.0. The molecule has 0 aliphatic heterocycles. The number of benzene rings is 1. The monoisotopic (exact) mass is 591 g/mol. The van der Waals surface area contributed by atoms with E-state index in [2.05, 4.69) is 19.2 Å². The Labute approximate surface area is 254 Å². The van der Waals surface area contributed by atoms with Gasteiger partial charge in [0, 0.05) is 5.69 Å². The van der Waals surface area contributed by atoms with E-state index in [0.717, 1.165) is 38.5 Å². The number of methoxy groups -OCH3 is 1. The zero-order valence-electron chi connectivity index (χ0n) is 26.6. The molecule has 0 heterocycles. The van der Waals surface area contributed by atoms with Crippen LogP contribution in [0.25, 0.3) is 0 Å². The molecule has 0 spiro atoms. The van der Waals surface area contributed by atoms with E-state index < -0.39 is 18.2 Å². The molecule has 0 saturated heterocycles. The number of esters is 1. The number of carbonyl (C=O) groups excluding carboxylic acids is 3. The molecule has 0 unspecified atom stereocenters. The second kappa shape index (κ2) is 25.9. The van der Waals surface area contributed by atoms with Crippen molar-refractivity contribution in [1.29, 1.82) is 0 Å². The van der Waals surface area contributed by atoms with Gasteiger partial charge in [0.15, 0.2) is 0 Å². The fourth-order valence-corrected chi connectivity index (χ4v) is 4.74. The molecule has 0 bridgehead atoms. The van der Waals surface area contributed by atoms with E-state index in [0.29, 0.717) is 12.3 Å². The molecule has 8 nitrogen and oxygen atoms in total. The lowest BCUT2D eigenvalue weighted by molar-refractivity contribution is 0.0594. The van der Waals surface area contributed by atoms with Crippen LogP contribution in [0.1, 0.15) is 153 Å². The average molecular weight is 592 g/mol. The molecule has 0 atom stereocenters. The Balaban J connectivity index is 2.30. The van der Waals surface area contributed by atoms with Gasteiger partial charge in [-0.3, -0.25) is 5.32 Å². The number of carbonyl (C=O) groups is 3. The number of nitrogens with one attached hydrogen (secondary N) is 1. The Hall–Kier alpha value is -2.77. The summed E-state index contributed by atoms with van der Waals surface area (Å²) in [5.41, 5.74) is 0.329. The topological polar surface area (TPSA) is 100 Å². The lowest BCUT2D eigenvalue weighted by Crippen LogP contribution is -2.16. The molecule has 0 fully saturated rings. The Morgan fingerprint density at radius 1 is 0.619 bits per heavy atom. The van der Waals surface area contributed by atoms with Gasteiger partial charge < -0.3 is 18.9 Å². The van der Waals surface area contributed by atoms with Crippen LogP contribution in [-0.2, 0) is 14.2 Å². The number of rotatable bonds is 25. The van der Waals surface area contributed by atoms with Crippen molar-refractivity contribution < 1.29 is 33.3 Å². The zero-order chi connectivity index (χ0) is 30.7. The van der Waals surface area contributed by atoms with Crippen LogP contribution in [0.15, 0.2) is 18.2 Å². The van der Waals surface area contributed by atoms with E-state index in [-0.39, 0.29) is 17.9 Å². The largest absolute Gasteiger partial charge is 0.513 e. The van der Waals surface area contributed by atoms with Crippen LogP contribution in [0.2, 0.25) is 0 Å². The third-order valence-electron chi connectivity index (χ3n) is 7.27. The van der Waals surface area contributed by atoms with Gasteiger partial charge >= 0.3 is 18.2 Å². The quantitative estimate of drug-likeness (QED) is 0.0522. The summed E-state index contributed by atoms with van der Waals surface area (Å²) in [6.45, 7) is 5.04. The summed E-state index contributed by atoms with van der Waals surface area (Å²) < 4.78 is 20.5. The molecule has 1 amide bonds. The second-order valence-corrected chi connectivity index (χ2v) is 11.0. The van der Waals surface area contributed by atoms with Crippen molar-refractivity contribution in [3.8, 4) is 5.75 Å². The summed E-state index contributed by atoms with van der Waals surface area (Å²) in [5.74, 6) is -0.700. The maximum absolute atomic E-state index is 12.3. The zero-order valence-corrected chi connectivity index (χ0v) is 26.6. The van der Waals surface area contributed by atoms with Crippen molar-refractivity contribution >= 4 is 23.9 Å². The number of ether oxygens (including phenoxy) is 4. The number of amides is 1. The van der Waals surface area contributed by atoms with Crippen LogP contribution in [-0.4, -0.2) is 38.5 Å². The van der Waals surface area contributed by atoms with Gasteiger partial charge in [-0.25, -0.2) is 14.4 Å². The highest BCUT2D eigenvalue weighted by molar-refractivity contribution is 5.95. The molecule has 0 aliphatic rings. The average Bonchev–Trinajstić information content (AvgIpc) is 2.99. The number of hydrogen-bond acceptors (Lipinski definition) is 7. The lowest BCUT2D eigenvalue weighted by atomic mass is 10.1. The van der Waals surface area contributed by atoms with Gasteiger partial charge in [-0.05, 0) is 31.0 Å². The van der Waals surface area contributed by atoms with Crippen LogP contribution in [0.4, 0.5) is 15.3 Å². The SMILES string of the molecule is CCCCCCCCCCCCOC(=O)Nc1ccc(OC(=O)OCCCCCCCCCCCC)c(C(=O)OC)c1. The third-order valence-corrected chi connectivity index (χ3v) is 7.27. The predicted molar refractivity (Wildman–Crippen MR) is 168 cm³/mol. The first kappa shape index (κ1) is 37.3. The maximum Gasteiger partial charge on any atom is 0.513 e. The van der Waals surface area contributed by atoms with Crippen molar-refractivity contribution in [3.63, 3.8) is 0 Å². The molecular formula is C34H57NO7. The van der Waals surface area contributed by atoms with Gasteiger partial charge in [-0.2, -0.15) is 0 Å². The highest BCUT2D eigenvalue weighted by atomic mass is 16.7. The number of unbranched alkanes of at least 4 members (excludes halogenated alkanes) is 18. The van der Waals surface area contributed by atoms with Gasteiger partial charge in [0.05, 0.1) is 20.3 Å². The van der Waals surface area contributed by atoms with Gasteiger partial charge in [0.2, 0.25) is 0 Å². The summed E-state index contributed by atoms with van der Waals surface area (Å²) in [7, 11) is 1.23. The normalized spacial score (nSPS) is 10.7. The summed E-state index contributed by atoms with van der Waals surface area (Å²) in [6.07, 6.45) is 22.4. The highest BCUT2D eigenvalue weighted by Crippen LogP contribution is 2.25. The molecule has 1 rings (SSSR count). The van der Waals surface area contributed by atoms with Gasteiger partial charge in [-0.1, -0.05) is 129 Å². The van der Waals surface area contributed by atoms with Crippen LogP contribution in [0.3, 0.4) is 0 Å². The van der Waals surface area contributed by atoms with E-state index in [1.807, 2.05) is 0 Å². The minimum absolute atomic E-state index is 0.000737. The molecular weight excluding hydrogens is 534 g/mol. The standard InChI is InChI=1S/C34H57NO7/c1-4-6-8-10-12-14-16-18-20-22-26-40-33(37)35-29-24-25-31(30(28-29)32(36)39-3)42-34(38)41-27-23-21-19-17-15-13-11-9-7-5-2/h24-25,28H,4-23,26-27H2,1-3H3,(H,35,37). The fourth-order valence-electron chi connectivity index (χ4n) is 4.74. The van der Waals surface area contributed by atoms with E-state index in [1.54, 1.807) is 0 Å². The summed E-state index contributed by atoms with van der Waals surface area (Å²) >= 11 is 0. The first-order chi connectivity index (χ1) is 20.5. The molecule has 0 aromatic heterocycles. The third kappa shape index (κ3) is 19.4. The Morgan fingerprint density at radius 2 is 1.07 bits per heavy atom. The Morgan fingerprint density at radius 3 is 1.55 bits per heavy atom. The van der Waals surface area contributed by atoms with E-state index in [1.165, 1.54) is 115 Å². The van der Waals surface area contributed by atoms with Gasteiger partial charge in [-0.15, -0.1) is 0 Å². The molecule has 1 aromatic rings. The minimum Gasteiger partial charge on any atom is -0.465 e. The van der Waals surface area contributed by atoms with E-state index >= 15 is 0 Å². The minimum atomic E-state index is -0.882. The van der Waals surface area contributed by atoms with Crippen LogP contribution >= 0.6 is 0 Å². The molecule has 1 aromatic carbocycles. The van der Waals surface area contributed by atoms with Gasteiger partial charge in [0.1, 0.15) is 11.3 Å². The Kier molecular flexibility index (Phi) is 23.0. The first-order valence-electron chi connectivity index (χ1n) is 16.5. The summed E-state index contributed by atoms with van der Waals surface area (Å²) in [4.78, 5) is 36.7. The van der Waals surface area contributed by atoms with Crippen molar-refractivity contribution in [2.45, 2.75) is 142 Å². The molecule has 240 valence electrons. The van der Waals surface area contributed by atoms with E-state index in [9.17, 15) is 14.4 Å². The van der Waals surface area contributed by atoms with Crippen molar-refractivity contribution in [3.05, 3.63) is 23.8 Å². The fraction of sp³-hybridized carbons (Fsp3) is 0.735. The van der Waals surface area contributed by atoms with Crippen molar-refractivity contribution in [2.24, 2.45) is 0 Å². The van der Waals surface area contributed by atoms with Crippen LogP contribution in [0, 0.1) is 0 Å². The molecule has 0 radical (unpaired) electrons. The molecule has 0 aliphatic carbocycles. The summed E-state index contributed by atoms with van der Waals surface area (Å²) in [6, 6.07) is 4.34. The van der Waals surface area contributed by atoms with Crippen molar-refractivity contribution in [2.75, 3.05) is 25.6 Å². The smallest absolute Gasteiger partial charge is 0.465 e. The van der Waals surface area contributed by atoms with E-state index in [4.69, 9.17) is 18.9 Å². The molecule has 42 heavy (non-hydrogen) atoms. The van der Waals surface area contributed by atoms with Crippen LogP contribution < -0.4 is 10.1 Å². The summed E-state index contributed by atoms with van der Waals surface area (Å²) in [5, 5.41) is 2.61. The van der Waals surface area contributed by atoms with Crippen LogP contribution in [0.5, 0.6) is 5.75 Å². The number of anilines is 1. The molecule has 8 heteroatoms. The number of hydrogen-bond donors (Lipinski definition) is 1. The maximum atomic E-state index is 12.3. The highest BCUT2D eigenvalue weighted by Gasteiger charge is 2.18.